The van der Waals surface area contributed by atoms with E-state index >= 15 is 0 Å². The van der Waals surface area contributed by atoms with Gasteiger partial charge in [-0.2, -0.15) is 4.68 Å². The van der Waals surface area contributed by atoms with E-state index in [0.29, 0.717) is 16.4 Å². The fourth-order valence-electron chi connectivity index (χ4n) is 2.68. The van der Waals surface area contributed by atoms with Gasteiger partial charge in [0.1, 0.15) is 0 Å². The molecular weight excluding hydrogens is 434 g/mol. The lowest BCUT2D eigenvalue weighted by Gasteiger charge is -2.09. The van der Waals surface area contributed by atoms with Gasteiger partial charge in [0.05, 0.1) is 24.1 Å². The molecule has 3 rings (SSSR count). The molecule has 0 spiro atoms. The molecule has 0 aliphatic rings. The molecule has 1 amide bonds. The predicted octanol–water partition coefficient (Wildman–Crippen LogP) is 2.34. The maximum Gasteiger partial charge on any atom is 0.337 e. The topological polar surface area (TPSA) is 125 Å². The van der Waals surface area contributed by atoms with E-state index in [9.17, 15) is 14.4 Å². The van der Waals surface area contributed by atoms with Crippen molar-refractivity contribution in [2.75, 3.05) is 24.8 Å². The van der Waals surface area contributed by atoms with Crippen molar-refractivity contribution in [3.8, 4) is 5.69 Å². The Balaban J connectivity index is 1.49. The van der Waals surface area contributed by atoms with Gasteiger partial charge in [-0.1, -0.05) is 23.9 Å². The smallest absolute Gasteiger partial charge is 0.337 e. The number of hydrogen-bond acceptors (Lipinski definition) is 9. The highest BCUT2D eigenvalue weighted by molar-refractivity contribution is 7.99. The number of carbonyl (C=O) groups is 3. The molecule has 2 aromatic carbocycles. The molecule has 0 saturated carbocycles. The molecule has 166 valence electrons. The highest BCUT2D eigenvalue weighted by atomic mass is 32.2. The zero-order chi connectivity index (χ0) is 23.1. The van der Waals surface area contributed by atoms with E-state index in [2.05, 4.69) is 25.6 Å². The van der Waals surface area contributed by atoms with E-state index in [-0.39, 0.29) is 5.75 Å². The standard InChI is InChI=1S/C21H21N5O5S/c1-13-4-5-14(2)17(10-13)26-21(23-24-25-26)32-12-19(28)31-11-18(27)22-16-8-6-15(7-9-16)20(29)30-3/h4-10H,11-12H2,1-3H3,(H,22,27). The Kier molecular flexibility index (Phi) is 7.55. The van der Waals surface area contributed by atoms with Crippen molar-refractivity contribution >= 4 is 35.3 Å². The van der Waals surface area contributed by atoms with Gasteiger partial charge in [-0.15, -0.1) is 5.10 Å². The van der Waals surface area contributed by atoms with Crippen LogP contribution >= 0.6 is 11.8 Å². The number of hydrogen-bond donors (Lipinski definition) is 1. The van der Waals surface area contributed by atoms with Gasteiger partial charge in [0.15, 0.2) is 6.61 Å². The third-order valence-electron chi connectivity index (χ3n) is 4.31. The number of aromatic nitrogens is 4. The van der Waals surface area contributed by atoms with Crippen molar-refractivity contribution in [1.82, 2.24) is 20.2 Å². The zero-order valence-corrected chi connectivity index (χ0v) is 18.5. The highest BCUT2D eigenvalue weighted by Gasteiger charge is 2.15. The number of carbonyl (C=O) groups excluding carboxylic acids is 3. The lowest BCUT2D eigenvalue weighted by molar-refractivity contribution is -0.144. The van der Waals surface area contributed by atoms with Gasteiger partial charge in [-0.3, -0.25) is 9.59 Å². The van der Waals surface area contributed by atoms with Crippen molar-refractivity contribution in [3.05, 3.63) is 59.2 Å². The molecule has 0 bridgehead atoms. The molecule has 3 aromatic rings. The first kappa shape index (κ1) is 22.9. The van der Waals surface area contributed by atoms with Gasteiger partial charge in [0.25, 0.3) is 5.91 Å². The van der Waals surface area contributed by atoms with Crippen LogP contribution < -0.4 is 5.32 Å². The van der Waals surface area contributed by atoms with Gasteiger partial charge in [0, 0.05) is 5.69 Å². The first-order valence-electron chi connectivity index (χ1n) is 9.50. The number of methoxy groups -OCH3 is 1. The summed E-state index contributed by atoms with van der Waals surface area (Å²) in [7, 11) is 1.29. The molecule has 1 heterocycles. The molecule has 0 atom stereocenters. The van der Waals surface area contributed by atoms with Crippen molar-refractivity contribution in [2.24, 2.45) is 0 Å². The second kappa shape index (κ2) is 10.5. The van der Waals surface area contributed by atoms with E-state index < -0.39 is 24.5 Å². The number of anilines is 1. The normalized spacial score (nSPS) is 10.5. The Morgan fingerprint density at radius 2 is 1.84 bits per heavy atom. The number of nitrogens with zero attached hydrogens (tertiary/aromatic N) is 4. The average Bonchev–Trinajstić information content (AvgIpc) is 3.26. The highest BCUT2D eigenvalue weighted by Crippen LogP contribution is 2.21. The van der Waals surface area contributed by atoms with Gasteiger partial charge in [-0.05, 0) is 65.7 Å². The molecule has 0 aliphatic heterocycles. The Labute approximate surface area is 188 Å². The van der Waals surface area contributed by atoms with Crippen molar-refractivity contribution < 1.29 is 23.9 Å². The summed E-state index contributed by atoms with van der Waals surface area (Å²) in [6.07, 6.45) is 0. The maximum atomic E-state index is 12.1. The van der Waals surface area contributed by atoms with Crippen molar-refractivity contribution in [3.63, 3.8) is 0 Å². The predicted molar refractivity (Wildman–Crippen MR) is 117 cm³/mol. The Morgan fingerprint density at radius 3 is 2.56 bits per heavy atom. The van der Waals surface area contributed by atoms with E-state index in [0.717, 1.165) is 28.6 Å². The summed E-state index contributed by atoms with van der Waals surface area (Å²) in [5.41, 5.74) is 3.69. The van der Waals surface area contributed by atoms with E-state index in [1.165, 1.54) is 19.2 Å². The summed E-state index contributed by atoms with van der Waals surface area (Å²) in [4.78, 5) is 35.5. The van der Waals surface area contributed by atoms with Crippen molar-refractivity contribution in [2.45, 2.75) is 19.0 Å². The summed E-state index contributed by atoms with van der Waals surface area (Å²) in [5, 5.41) is 14.7. The van der Waals surface area contributed by atoms with E-state index in [1.54, 1.807) is 16.8 Å². The van der Waals surface area contributed by atoms with Gasteiger partial charge >= 0.3 is 11.9 Å². The number of amides is 1. The van der Waals surface area contributed by atoms with Crippen molar-refractivity contribution in [1.29, 1.82) is 0 Å². The summed E-state index contributed by atoms with van der Waals surface area (Å²) < 4.78 is 11.2. The molecule has 0 saturated heterocycles. The third kappa shape index (κ3) is 5.91. The number of rotatable bonds is 8. The molecule has 0 radical (unpaired) electrons. The molecule has 1 N–H and O–H groups in total. The zero-order valence-electron chi connectivity index (χ0n) is 17.7. The molecule has 0 unspecified atom stereocenters. The van der Waals surface area contributed by atoms with Crippen LogP contribution in [0.15, 0.2) is 47.6 Å². The fraction of sp³-hybridized carbons (Fsp3) is 0.238. The Morgan fingerprint density at radius 1 is 1.09 bits per heavy atom. The molecule has 10 nitrogen and oxygen atoms in total. The Bertz CT molecular complexity index is 1130. The first-order valence-corrected chi connectivity index (χ1v) is 10.5. The minimum absolute atomic E-state index is 0.0632. The fourth-order valence-corrected chi connectivity index (χ4v) is 3.37. The van der Waals surface area contributed by atoms with Crippen LogP contribution in [0.1, 0.15) is 21.5 Å². The molecule has 1 aromatic heterocycles. The SMILES string of the molecule is COC(=O)c1ccc(NC(=O)COC(=O)CSc2nnnn2-c2cc(C)ccc2C)cc1. The van der Waals surface area contributed by atoms with Crippen LogP contribution in [0.25, 0.3) is 5.69 Å². The van der Waals surface area contributed by atoms with Crippen LogP contribution in [0.4, 0.5) is 5.69 Å². The lowest BCUT2D eigenvalue weighted by atomic mass is 10.1. The lowest BCUT2D eigenvalue weighted by Crippen LogP contribution is -2.21. The van der Waals surface area contributed by atoms with Crippen LogP contribution in [-0.4, -0.2) is 57.5 Å². The second-order valence-corrected chi connectivity index (χ2v) is 7.67. The minimum Gasteiger partial charge on any atom is -0.465 e. The number of ether oxygens (including phenoxy) is 2. The number of aryl methyl sites for hydroxylation is 2. The molecular formula is C21H21N5O5S. The summed E-state index contributed by atoms with van der Waals surface area (Å²) in [6.45, 7) is 3.47. The summed E-state index contributed by atoms with van der Waals surface area (Å²) in [6, 6.07) is 12.1. The maximum absolute atomic E-state index is 12.1. The average molecular weight is 455 g/mol. The number of benzene rings is 2. The van der Waals surface area contributed by atoms with Gasteiger partial charge in [-0.25, -0.2) is 4.79 Å². The Hall–Kier alpha value is -3.73. The molecule has 32 heavy (non-hydrogen) atoms. The van der Waals surface area contributed by atoms with Crippen LogP contribution in [-0.2, 0) is 19.1 Å². The second-order valence-electron chi connectivity index (χ2n) is 6.73. The van der Waals surface area contributed by atoms with E-state index in [4.69, 9.17) is 4.74 Å². The third-order valence-corrected chi connectivity index (χ3v) is 5.20. The number of esters is 2. The van der Waals surface area contributed by atoms with E-state index in [1.807, 2.05) is 32.0 Å². The monoisotopic (exact) mass is 455 g/mol. The largest absolute Gasteiger partial charge is 0.465 e. The summed E-state index contributed by atoms with van der Waals surface area (Å²) >= 11 is 1.11. The number of thioether (sulfide) groups is 1. The molecule has 11 heteroatoms. The minimum atomic E-state index is -0.582. The number of nitrogens with one attached hydrogen (secondary N) is 1. The van der Waals surface area contributed by atoms with Gasteiger partial charge in [0.2, 0.25) is 5.16 Å². The van der Waals surface area contributed by atoms with Gasteiger partial charge < -0.3 is 14.8 Å². The summed E-state index contributed by atoms with van der Waals surface area (Å²) in [5.74, 6) is -1.62. The quantitative estimate of drug-likeness (QED) is 0.402. The molecule has 0 fully saturated rings. The van der Waals surface area contributed by atoms with Crippen LogP contribution in [0, 0.1) is 13.8 Å². The molecule has 0 aliphatic carbocycles. The number of tetrazole rings is 1. The van der Waals surface area contributed by atoms with Crippen LogP contribution in [0.3, 0.4) is 0 Å². The van der Waals surface area contributed by atoms with Crippen LogP contribution in [0.5, 0.6) is 0 Å². The first-order chi connectivity index (χ1) is 15.4. The van der Waals surface area contributed by atoms with Crippen LogP contribution in [0.2, 0.25) is 0 Å².